The van der Waals surface area contributed by atoms with Crippen molar-refractivity contribution in [3.05, 3.63) is 30.5 Å². The van der Waals surface area contributed by atoms with E-state index < -0.39 is 0 Å². The highest BCUT2D eigenvalue weighted by Gasteiger charge is 2.03. The lowest BCUT2D eigenvalue weighted by atomic mass is 10.2. The third-order valence-corrected chi connectivity index (χ3v) is 2.68. The van der Waals surface area contributed by atoms with E-state index in [1.54, 1.807) is 6.20 Å². The number of carbonyl (C=O) groups is 1. The van der Waals surface area contributed by atoms with E-state index in [0.717, 1.165) is 17.9 Å². The third kappa shape index (κ3) is 5.01. The molecule has 116 valence electrons. The van der Waals surface area contributed by atoms with Gasteiger partial charge in [-0.05, 0) is 24.1 Å². The Bertz CT molecular complexity index is 643. The lowest BCUT2D eigenvalue weighted by Gasteiger charge is -2.10. The van der Waals surface area contributed by atoms with Crippen molar-refractivity contribution < 1.29 is 4.79 Å². The van der Waals surface area contributed by atoms with Gasteiger partial charge in [-0.1, -0.05) is 19.9 Å². The molecule has 1 aromatic carbocycles. The Balaban J connectivity index is 2.07. The molecule has 0 radical (unpaired) electrons. The largest absolute Gasteiger partial charge is 0.353 e. The molecule has 3 N–H and O–H groups in total. The molecular formula is C15H20N6O. The number of amides is 1. The van der Waals surface area contributed by atoms with Gasteiger partial charge < -0.3 is 16.0 Å². The second kappa shape index (κ2) is 7.35. The first-order valence-electron chi connectivity index (χ1n) is 7.11. The van der Waals surface area contributed by atoms with Crippen molar-refractivity contribution in [3.63, 3.8) is 0 Å². The second-order valence-electron chi connectivity index (χ2n) is 5.33. The Labute approximate surface area is 129 Å². The van der Waals surface area contributed by atoms with Gasteiger partial charge in [-0.3, -0.25) is 4.79 Å². The van der Waals surface area contributed by atoms with Gasteiger partial charge in [0.05, 0.1) is 6.20 Å². The van der Waals surface area contributed by atoms with Gasteiger partial charge in [0.2, 0.25) is 11.9 Å². The Morgan fingerprint density at radius 3 is 2.77 bits per heavy atom. The molecule has 1 amide bonds. The summed E-state index contributed by atoms with van der Waals surface area (Å²) in [4.78, 5) is 15.4. The van der Waals surface area contributed by atoms with Crippen LogP contribution >= 0.6 is 0 Å². The van der Waals surface area contributed by atoms with Crippen LogP contribution in [-0.2, 0) is 4.79 Å². The maximum absolute atomic E-state index is 11.1. The van der Waals surface area contributed by atoms with Gasteiger partial charge >= 0.3 is 0 Å². The van der Waals surface area contributed by atoms with Gasteiger partial charge in [0, 0.05) is 24.8 Å². The summed E-state index contributed by atoms with van der Waals surface area (Å²) in [5.41, 5.74) is 1.53. The zero-order valence-corrected chi connectivity index (χ0v) is 12.9. The van der Waals surface area contributed by atoms with Crippen molar-refractivity contribution in [1.29, 1.82) is 0 Å². The quantitative estimate of drug-likeness (QED) is 0.759. The molecule has 22 heavy (non-hydrogen) atoms. The van der Waals surface area contributed by atoms with Gasteiger partial charge in [0.25, 0.3) is 0 Å². The number of anilines is 4. The summed E-state index contributed by atoms with van der Waals surface area (Å²) < 4.78 is 0. The number of benzene rings is 1. The fraction of sp³-hybridized carbons (Fsp3) is 0.333. The normalized spacial score (nSPS) is 10.4. The summed E-state index contributed by atoms with van der Waals surface area (Å²) in [6, 6.07) is 7.37. The average Bonchev–Trinajstić information content (AvgIpc) is 2.45. The Morgan fingerprint density at radius 1 is 1.27 bits per heavy atom. The van der Waals surface area contributed by atoms with Crippen molar-refractivity contribution in [2.75, 3.05) is 22.5 Å². The molecule has 0 fully saturated rings. The van der Waals surface area contributed by atoms with Crippen LogP contribution in [0.15, 0.2) is 30.5 Å². The highest BCUT2D eigenvalue weighted by molar-refractivity contribution is 5.89. The molecule has 0 aliphatic rings. The van der Waals surface area contributed by atoms with Crippen LogP contribution in [-0.4, -0.2) is 27.6 Å². The highest BCUT2D eigenvalue weighted by Crippen LogP contribution is 2.18. The molecule has 2 rings (SSSR count). The van der Waals surface area contributed by atoms with Crippen LogP contribution in [0.3, 0.4) is 0 Å². The summed E-state index contributed by atoms with van der Waals surface area (Å²) in [5.74, 6) is 1.45. The van der Waals surface area contributed by atoms with Gasteiger partial charge in [-0.2, -0.15) is 10.1 Å². The number of rotatable bonds is 6. The van der Waals surface area contributed by atoms with Gasteiger partial charge in [-0.25, -0.2) is 0 Å². The van der Waals surface area contributed by atoms with Crippen molar-refractivity contribution in [2.45, 2.75) is 20.8 Å². The number of hydrogen-bond acceptors (Lipinski definition) is 6. The molecule has 0 aliphatic carbocycles. The van der Waals surface area contributed by atoms with E-state index in [4.69, 9.17) is 0 Å². The SMILES string of the molecule is CC(=O)Nc1cccc(Nc2cnnc(NCC(C)C)n2)c1. The van der Waals surface area contributed by atoms with E-state index in [9.17, 15) is 4.79 Å². The Hall–Kier alpha value is -2.70. The van der Waals surface area contributed by atoms with Crippen LogP contribution in [0.2, 0.25) is 0 Å². The summed E-state index contributed by atoms with van der Waals surface area (Å²) in [7, 11) is 0. The number of aromatic nitrogens is 3. The van der Waals surface area contributed by atoms with Crippen LogP contribution in [0.1, 0.15) is 20.8 Å². The molecular weight excluding hydrogens is 280 g/mol. The summed E-state index contributed by atoms with van der Waals surface area (Å²) >= 11 is 0. The molecule has 0 aliphatic heterocycles. The van der Waals surface area contributed by atoms with Crippen LogP contribution < -0.4 is 16.0 Å². The van der Waals surface area contributed by atoms with E-state index in [0.29, 0.717) is 17.7 Å². The van der Waals surface area contributed by atoms with E-state index in [1.807, 2.05) is 24.3 Å². The molecule has 0 bridgehead atoms. The summed E-state index contributed by atoms with van der Waals surface area (Å²) in [6.45, 7) is 6.47. The average molecular weight is 300 g/mol. The lowest BCUT2D eigenvalue weighted by Crippen LogP contribution is -2.11. The second-order valence-corrected chi connectivity index (χ2v) is 5.33. The number of nitrogens with one attached hydrogen (secondary N) is 3. The minimum atomic E-state index is -0.110. The maximum Gasteiger partial charge on any atom is 0.244 e. The third-order valence-electron chi connectivity index (χ3n) is 2.68. The molecule has 7 heteroatoms. The first kappa shape index (κ1) is 15.7. The van der Waals surface area contributed by atoms with Crippen LogP contribution in [0.25, 0.3) is 0 Å². The van der Waals surface area contributed by atoms with E-state index in [-0.39, 0.29) is 5.91 Å². The van der Waals surface area contributed by atoms with E-state index in [2.05, 4.69) is 45.0 Å². The smallest absolute Gasteiger partial charge is 0.244 e. The van der Waals surface area contributed by atoms with Crippen LogP contribution in [0.5, 0.6) is 0 Å². The summed E-state index contributed by atoms with van der Waals surface area (Å²) in [5, 5.41) is 16.9. The fourth-order valence-electron chi connectivity index (χ4n) is 1.76. The van der Waals surface area contributed by atoms with E-state index in [1.165, 1.54) is 6.92 Å². The number of nitrogens with zero attached hydrogens (tertiary/aromatic N) is 3. The molecule has 1 aromatic heterocycles. The van der Waals surface area contributed by atoms with Crippen molar-refractivity contribution >= 4 is 29.0 Å². The molecule has 0 unspecified atom stereocenters. The monoisotopic (exact) mass is 300 g/mol. The van der Waals surface area contributed by atoms with E-state index >= 15 is 0 Å². The molecule has 0 saturated heterocycles. The minimum Gasteiger partial charge on any atom is -0.353 e. The highest BCUT2D eigenvalue weighted by atomic mass is 16.1. The van der Waals surface area contributed by atoms with Gasteiger partial charge in [0.15, 0.2) is 5.82 Å². The number of carbonyl (C=O) groups excluding carboxylic acids is 1. The zero-order chi connectivity index (χ0) is 15.9. The molecule has 0 saturated carbocycles. The molecule has 0 atom stereocenters. The maximum atomic E-state index is 11.1. The lowest BCUT2D eigenvalue weighted by molar-refractivity contribution is -0.114. The predicted molar refractivity (Wildman–Crippen MR) is 87.2 cm³/mol. The standard InChI is InChI=1S/C15H20N6O/c1-10(2)8-16-15-20-14(9-17-21-15)19-13-6-4-5-12(7-13)18-11(3)22/h4-7,9-10H,8H2,1-3H3,(H,18,22)(H2,16,19,20,21). The minimum absolute atomic E-state index is 0.110. The first-order valence-corrected chi connectivity index (χ1v) is 7.11. The van der Waals surface area contributed by atoms with Crippen molar-refractivity contribution in [1.82, 2.24) is 15.2 Å². The van der Waals surface area contributed by atoms with Gasteiger partial charge in [-0.15, -0.1) is 5.10 Å². The first-order chi connectivity index (χ1) is 10.5. The Kier molecular flexibility index (Phi) is 5.24. The molecule has 0 spiro atoms. The van der Waals surface area contributed by atoms with Crippen molar-refractivity contribution in [3.8, 4) is 0 Å². The van der Waals surface area contributed by atoms with Crippen LogP contribution in [0, 0.1) is 5.92 Å². The Morgan fingerprint density at radius 2 is 2.05 bits per heavy atom. The van der Waals surface area contributed by atoms with Crippen molar-refractivity contribution in [2.24, 2.45) is 5.92 Å². The zero-order valence-electron chi connectivity index (χ0n) is 12.9. The van der Waals surface area contributed by atoms with Gasteiger partial charge in [0.1, 0.15) is 0 Å². The molecule has 7 nitrogen and oxygen atoms in total. The van der Waals surface area contributed by atoms with Crippen LogP contribution in [0.4, 0.5) is 23.1 Å². The summed E-state index contributed by atoms with van der Waals surface area (Å²) in [6.07, 6.45) is 1.55. The topological polar surface area (TPSA) is 91.8 Å². The number of hydrogen-bond donors (Lipinski definition) is 3. The fourth-order valence-corrected chi connectivity index (χ4v) is 1.76. The molecule has 2 aromatic rings. The molecule has 1 heterocycles. The predicted octanol–water partition coefficient (Wildman–Crippen LogP) is 2.64.